The first kappa shape index (κ1) is 24.1. The molecule has 0 amide bonds. The molecule has 6 nitrogen and oxygen atoms in total. The van der Waals surface area contributed by atoms with Gasteiger partial charge in [0.25, 0.3) is 0 Å². The number of likely N-dealkylation sites (tertiary alicyclic amines) is 1. The molecule has 32 heavy (non-hydrogen) atoms. The van der Waals surface area contributed by atoms with E-state index in [4.69, 9.17) is 5.14 Å². The summed E-state index contributed by atoms with van der Waals surface area (Å²) in [4.78, 5) is 1.84. The van der Waals surface area contributed by atoms with E-state index >= 15 is 0 Å². The summed E-state index contributed by atoms with van der Waals surface area (Å²) in [6, 6.07) is 9.55. The predicted molar refractivity (Wildman–Crippen MR) is 101 cm³/mol. The third-order valence-corrected chi connectivity index (χ3v) is 5.61. The predicted octanol–water partition coefficient (Wildman–Crippen LogP) is 3.79. The minimum atomic E-state index is -4.85. The zero-order valence-electron chi connectivity index (χ0n) is 16.2. The van der Waals surface area contributed by atoms with Gasteiger partial charge in [-0.2, -0.15) is 0 Å². The molecule has 2 aromatic carbocycles. The van der Waals surface area contributed by atoms with Crippen LogP contribution in [0, 0.1) is 5.92 Å². The number of nitrogens with zero attached hydrogens (tertiary/aromatic N) is 1. The second-order valence-corrected chi connectivity index (χ2v) is 8.94. The van der Waals surface area contributed by atoms with Gasteiger partial charge >= 0.3 is 12.7 Å². The Morgan fingerprint density at radius 3 is 1.53 bits per heavy atom. The fraction of sp³-hybridized carbons (Fsp3) is 0.368. The zero-order chi connectivity index (χ0) is 23.7. The lowest BCUT2D eigenvalue weighted by atomic mass is 9.91. The SMILES string of the molecule is NS(=O)(=O)CC1CN(C(c2ccc(OC(F)(F)F)cc2)c2ccc(OC(F)(F)F)cc2)C1. The number of hydrogen-bond donors (Lipinski definition) is 1. The van der Waals surface area contributed by atoms with Crippen LogP contribution in [-0.2, 0) is 10.0 Å². The molecular weight excluding hydrogens is 466 g/mol. The maximum Gasteiger partial charge on any atom is 0.573 e. The highest BCUT2D eigenvalue weighted by atomic mass is 32.2. The number of rotatable bonds is 7. The molecule has 0 radical (unpaired) electrons. The van der Waals surface area contributed by atoms with E-state index in [1.165, 1.54) is 24.3 Å². The maximum absolute atomic E-state index is 12.4. The quantitative estimate of drug-likeness (QED) is 0.605. The summed E-state index contributed by atoms with van der Waals surface area (Å²) in [5.41, 5.74) is 1.08. The molecule has 1 aliphatic heterocycles. The van der Waals surface area contributed by atoms with Gasteiger partial charge in [0.1, 0.15) is 11.5 Å². The monoisotopic (exact) mass is 484 g/mol. The van der Waals surface area contributed by atoms with Crippen molar-refractivity contribution in [2.24, 2.45) is 11.1 Å². The van der Waals surface area contributed by atoms with Crippen LogP contribution in [0.2, 0.25) is 0 Å². The van der Waals surface area contributed by atoms with Crippen molar-refractivity contribution in [2.75, 3.05) is 18.8 Å². The van der Waals surface area contributed by atoms with Gasteiger partial charge in [0.15, 0.2) is 0 Å². The average Bonchev–Trinajstić information content (AvgIpc) is 2.59. The molecule has 0 spiro atoms. The first-order valence-electron chi connectivity index (χ1n) is 9.14. The van der Waals surface area contributed by atoms with Crippen molar-refractivity contribution in [3.8, 4) is 11.5 Å². The van der Waals surface area contributed by atoms with Crippen LogP contribution in [0.5, 0.6) is 11.5 Å². The van der Waals surface area contributed by atoms with Crippen LogP contribution in [0.25, 0.3) is 0 Å². The molecule has 3 rings (SSSR count). The molecule has 2 N–H and O–H groups in total. The van der Waals surface area contributed by atoms with E-state index in [1.54, 1.807) is 0 Å². The summed E-state index contributed by atoms with van der Waals surface area (Å²) in [7, 11) is -3.68. The summed E-state index contributed by atoms with van der Waals surface area (Å²) >= 11 is 0. The highest BCUT2D eigenvalue weighted by Gasteiger charge is 2.37. The van der Waals surface area contributed by atoms with Gasteiger partial charge in [-0.05, 0) is 41.3 Å². The molecule has 0 saturated carbocycles. The Balaban J connectivity index is 1.84. The lowest BCUT2D eigenvalue weighted by molar-refractivity contribution is -0.275. The molecule has 1 aliphatic rings. The molecule has 0 bridgehead atoms. The van der Waals surface area contributed by atoms with Crippen molar-refractivity contribution >= 4 is 10.0 Å². The van der Waals surface area contributed by atoms with Crippen molar-refractivity contribution in [1.82, 2.24) is 4.90 Å². The summed E-state index contributed by atoms with van der Waals surface area (Å²) in [5.74, 6) is -1.32. The van der Waals surface area contributed by atoms with Gasteiger partial charge in [0.2, 0.25) is 10.0 Å². The molecule has 2 aromatic rings. The maximum atomic E-state index is 12.4. The summed E-state index contributed by atoms with van der Waals surface area (Å²) in [5, 5.41) is 5.07. The number of alkyl halides is 6. The highest BCUT2D eigenvalue weighted by Crippen LogP contribution is 2.37. The third kappa shape index (κ3) is 7.00. The minimum absolute atomic E-state index is 0.229. The Morgan fingerprint density at radius 2 is 1.22 bits per heavy atom. The van der Waals surface area contributed by atoms with Crippen LogP contribution in [0.15, 0.2) is 48.5 Å². The molecular formula is C19H18F6N2O4S. The Labute approximate surface area is 179 Å². The van der Waals surface area contributed by atoms with Crippen LogP contribution in [-0.4, -0.2) is 44.9 Å². The van der Waals surface area contributed by atoms with E-state index in [1.807, 2.05) is 4.90 Å². The molecule has 13 heteroatoms. The molecule has 176 valence electrons. The number of halogens is 6. The molecule has 0 unspecified atom stereocenters. The van der Waals surface area contributed by atoms with Gasteiger partial charge < -0.3 is 9.47 Å². The average molecular weight is 484 g/mol. The Hall–Kier alpha value is -2.51. The number of sulfonamides is 1. The summed E-state index contributed by atoms with van der Waals surface area (Å²) in [6.45, 7) is 0.644. The number of nitrogens with two attached hydrogens (primary N) is 1. The van der Waals surface area contributed by atoms with E-state index in [0.717, 1.165) is 24.3 Å². The Morgan fingerprint density at radius 1 is 0.844 bits per heavy atom. The van der Waals surface area contributed by atoms with Crippen LogP contribution in [0.3, 0.4) is 0 Å². The van der Waals surface area contributed by atoms with E-state index in [9.17, 15) is 34.8 Å². The van der Waals surface area contributed by atoms with Crippen molar-refractivity contribution in [3.05, 3.63) is 59.7 Å². The summed E-state index contributed by atoms with van der Waals surface area (Å²) in [6.07, 6.45) is -9.71. The number of primary sulfonamides is 1. The molecule has 0 atom stereocenters. The van der Waals surface area contributed by atoms with Crippen LogP contribution in [0.1, 0.15) is 17.2 Å². The largest absolute Gasteiger partial charge is 0.573 e. The van der Waals surface area contributed by atoms with E-state index in [2.05, 4.69) is 9.47 Å². The Bertz CT molecular complexity index is 958. The van der Waals surface area contributed by atoms with Gasteiger partial charge in [-0.3, -0.25) is 4.90 Å². The molecule has 1 saturated heterocycles. The standard InChI is InChI=1S/C19H18F6N2O4S/c20-18(21,22)30-15-5-1-13(2-6-15)17(27-9-12(10-27)11-32(26,28)29)14-3-7-16(8-4-14)31-19(23,24)25/h1-8,12,17H,9-11H2,(H2,26,28,29). The molecule has 1 heterocycles. The van der Waals surface area contributed by atoms with Gasteiger partial charge in [0, 0.05) is 13.1 Å². The number of hydrogen-bond acceptors (Lipinski definition) is 5. The van der Waals surface area contributed by atoms with E-state index in [0.29, 0.717) is 24.2 Å². The molecule has 0 aromatic heterocycles. The van der Waals surface area contributed by atoms with Crippen LogP contribution in [0.4, 0.5) is 26.3 Å². The first-order chi connectivity index (χ1) is 14.7. The van der Waals surface area contributed by atoms with Gasteiger partial charge in [0.05, 0.1) is 11.8 Å². The summed E-state index contributed by atoms with van der Waals surface area (Å²) < 4.78 is 105. The third-order valence-electron chi connectivity index (χ3n) is 4.68. The fourth-order valence-electron chi connectivity index (χ4n) is 3.57. The topological polar surface area (TPSA) is 81.9 Å². The lowest BCUT2D eigenvalue weighted by Crippen LogP contribution is -2.51. The lowest BCUT2D eigenvalue weighted by Gasteiger charge is -2.44. The van der Waals surface area contributed by atoms with Crippen molar-refractivity contribution < 1.29 is 44.2 Å². The van der Waals surface area contributed by atoms with Gasteiger partial charge in [-0.25, -0.2) is 13.6 Å². The van der Waals surface area contributed by atoms with Crippen molar-refractivity contribution in [3.63, 3.8) is 0 Å². The number of benzene rings is 2. The van der Waals surface area contributed by atoms with E-state index in [-0.39, 0.29) is 11.7 Å². The zero-order valence-corrected chi connectivity index (χ0v) is 17.0. The van der Waals surface area contributed by atoms with Gasteiger partial charge in [-0.1, -0.05) is 24.3 Å². The molecule has 1 fully saturated rings. The normalized spacial score (nSPS) is 16.1. The smallest absolute Gasteiger partial charge is 0.406 e. The van der Waals surface area contributed by atoms with Crippen molar-refractivity contribution in [1.29, 1.82) is 0 Å². The van der Waals surface area contributed by atoms with Gasteiger partial charge in [-0.15, -0.1) is 26.3 Å². The second kappa shape index (κ2) is 8.79. The Kier molecular flexibility index (Phi) is 6.63. The number of ether oxygens (including phenoxy) is 2. The van der Waals surface area contributed by atoms with Crippen molar-refractivity contribution in [2.45, 2.75) is 18.8 Å². The minimum Gasteiger partial charge on any atom is -0.406 e. The highest BCUT2D eigenvalue weighted by molar-refractivity contribution is 7.89. The van der Waals surface area contributed by atoms with E-state index < -0.39 is 40.3 Å². The second-order valence-electron chi connectivity index (χ2n) is 7.29. The molecule has 0 aliphatic carbocycles. The van der Waals surface area contributed by atoms with Crippen LogP contribution >= 0.6 is 0 Å². The fourth-order valence-corrected chi connectivity index (χ4v) is 4.44. The van der Waals surface area contributed by atoms with Crippen LogP contribution < -0.4 is 14.6 Å². The first-order valence-corrected chi connectivity index (χ1v) is 10.9.